The predicted octanol–water partition coefficient (Wildman–Crippen LogP) is 1.82. The van der Waals surface area contributed by atoms with Crippen molar-refractivity contribution in [3.05, 3.63) is 47.0 Å². The summed E-state index contributed by atoms with van der Waals surface area (Å²) in [5, 5.41) is 9.68. The fourth-order valence-corrected chi connectivity index (χ4v) is 1.89. The molecule has 2 rings (SSSR count). The van der Waals surface area contributed by atoms with Gasteiger partial charge in [0.1, 0.15) is 6.33 Å². The Balaban J connectivity index is 1.93. The number of halogens is 1. The molecule has 5 nitrogen and oxygen atoms in total. The summed E-state index contributed by atoms with van der Waals surface area (Å²) in [6.45, 7) is 1.93. The number of H-pyrrole nitrogens is 1. The highest BCUT2D eigenvalue weighted by molar-refractivity contribution is 6.30. The van der Waals surface area contributed by atoms with E-state index in [0.29, 0.717) is 11.4 Å². The molecule has 1 aromatic carbocycles. The number of rotatable bonds is 4. The molecule has 1 unspecified atom stereocenters. The van der Waals surface area contributed by atoms with E-state index in [9.17, 15) is 4.79 Å². The first-order chi connectivity index (χ1) is 8.65. The summed E-state index contributed by atoms with van der Waals surface area (Å²) in [5.74, 6) is -0.0463. The van der Waals surface area contributed by atoms with E-state index in [1.54, 1.807) is 0 Å². The Morgan fingerprint density at radius 2 is 2.39 bits per heavy atom. The molecule has 0 saturated carbocycles. The van der Waals surface area contributed by atoms with Crippen LogP contribution in [-0.4, -0.2) is 27.1 Å². The average Bonchev–Trinajstić information content (AvgIpc) is 2.81. The van der Waals surface area contributed by atoms with Gasteiger partial charge in [-0.1, -0.05) is 23.7 Å². The molecule has 94 valence electrons. The van der Waals surface area contributed by atoms with E-state index in [1.807, 2.05) is 31.2 Å². The van der Waals surface area contributed by atoms with E-state index in [1.165, 1.54) is 6.33 Å². The predicted molar refractivity (Wildman–Crippen MR) is 68.5 cm³/mol. The zero-order valence-electron chi connectivity index (χ0n) is 9.85. The number of nitrogens with one attached hydrogen (secondary N) is 2. The molecule has 1 heterocycles. The van der Waals surface area contributed by atoms with Crippen molar-refractivity contribution in [3.63, 3.8) is 0 Å². The molecule has 1 atom stereocenters. The Morgan fingerprint density at radius 3 is 3.06 bits per heavy atom. The van der Waals surface area contributed by atoms with Crippen LogP contribution in [0.15, 0.2) is 30.6 Å². The van der Waals surface area contributed by atoms with Crippen molar-refractivity contribution in [2.75, 3.05) is 0 Å². The maximum atomic E-state index is 11.7. The van der Waals surface area contributed by atoms with Crippen molar-refractivity contribution in [2.45, 2.75) is 19.4 Å². The fraction of sp³-hybridized carbons (Fsp3) is 0.250. The molecule has 2 aromatic rings. The molecular weight excluding hydrogens is 252 g/mol. The molecular formula is C12H13ClN4O. The number of hydrogen-bond acceptors (Lipinski definition) is 3. The zero-order chi connectivity index (χ0) is 13.0. The van der Waals surface area contributed by atoms with Crippen LogP contribution < -0.4 is 5.32 Å². The highest BCUT2D eigenvalue weighted by Gasteiger charge is 2.12. The molecule has 0 spiro atoms. The molecule has 2 N–H and O–H groups in total. The third-order valence-electron chi connectivity index (χ3n) is 2.44. The van der Waals surface area contributed by atoms with E-state index < -0.39 is 0 Å². The fourth-order valence-electron chi connectivity index (χ4n) is 1.68. The lowest BCUT2D eigenvalue weighted by molar-refractivity contribution is 0.0930. The largest absolute Gasteiger partial charge is 0.347 e. The topological polar surface area (TPSA) is 70.7 Å². The molecule has 18 heavy (non-hydrogen) atoms. The van der Waals surface area contributed by atoms with Crippen LogP contribution >= 0.6 is 11.6 Å². The van der Waals surface area contributed by atoms with Crippen LogP contribution in [-0.2, 0) is 6.42 Å². The summed E-state index contributed by atoms with van der Waals surface area (Å²) in [6, 6.07) is 7.56. The molecule has 1 amide bonds. The van der Waals surface area contributed by atoms with Crippen molar-refractivity contribution < 1.29 is 4.79 Å². The Morgan fingerprint density at radius 1 is 1.56 bits per heavy atom. The van der Waals surface area contributed by atoms with Crippen LogP contribution in [0.4, 0.5) is 0 Å². The van der Waals surface area contributed by atoms with Crippen molar-refractivity contribution in [3.8, 4) is 0 Å². The normalized spacial score (nSPS) is 12.1. The SMILES string of the molecule is CC(Cc1cccc(Cl)c1)NC(=O)c1ncn[nH]1. The van der Waals surface area contributed by atoms with Gasteiger partial charge >= 0.3 is 0 Å². The average molecular weight is 265 g/mol. The molecule has 1 aromatic heterocycles. The first-order valence-corrected chi connectivity index (χ1v) is 5.93. The minimum atomic E-state index is -0.262. The molecule has 0 bridgehead atoms. The number of aromatic nitrogens is 3. The van der Waals surface area contributed by atoms with Gasteiger partial charge in [0.2, 0.25) is 5.82 Å². The lowest BCUT2D eigenvalue weighted by Gasteiger charge is -2.12. The first kappa shape index (κ1) is 12.6. The van der Waals surface area contributed by atoms with Gasteiger partial charge in [0.15, 0.2) is 0 Å². The van der Waals surface area contributed by atoms with Crippen LogP contribution in [0.5, 0.6) is 0 Å². The number of nitrogens with zero attached hydrogens (tertiary/aromatic N) is 2. The molecule has 0 aliphatic rings. The van der Waals surface area contributed by atoms with Crippen LogP contribution in [0.3, 0.4) is 0 Å². The van der Waals surface area contributed by atoms with Gasteiger partial charge in [-0.05, 0) is 31.0 Å². The van der Waals surface area contributed by atoms with Gasteiger partial charge < -0.3 is 5.32 Å². The van der Waals surface area contributed by atoms with Crippen molar-refractivity contribution in [1.82, 2.24) is 20.5 Å². The molecule has 0 aliphatic heterocycles. The molecule has 6 heteroatoms. The van der Waals surface area contributed by atoms with Gasteiger partial charge in [-0.3, -0.25) is 9.89 Å². The Labute approximate surface area is 110 Å². The van der Waals surface area contributed by atoms with Gasteiger partial charge in [0.25, 0.3) is 5.91 Å². The van der Waals surface area contributed by atoms with Crippen molar-refractivity contribution >= 4 is 17.5 Å². The summed E-state index contributed by atoms with van der Waals surface area (Å²) >= 11 is 5.90. The van der Waals surface area contributed by atoms with E-state index in [2.05, 4.69) is 20.5 Å². The second-order valence-corrected chi connectivity index (χ2v) is 4.48. The van der Waals surface area contributed by atoms with Crippen molar-refractivity contribution in [2.24, 2.45) is 0 Å². The highest BCUT2D eigenvalue weighted by Crippen LogP contribution is 2.12. The summed E-state index contributed by atoms with van der Waals surface area (Å²) in [4.78, 5) is 15.5. The Hall–Kier alpha value is -1.88. The lowest BCUT2D eigenvalue weighted by Crippen LogP contribution is -2.34. The molecule has 0 aliphatic carbocycles. The van der Waals surface area contributed by atoms with Gasteiger partial charge in [-0.2, -0.15) is 5.10 Å². The maximum Gasteiger partial charge on any atom is 0.288 e. The number of aromatic amines is 1. The Bertz CT molecular complexity index is 527. The number of carbonyl (C=O) groups excluding carboxylic acids is 1. The third-order valence-corrected chi connectivity index (χ3v) is 2.67. The molecule has 0 saturated heterocycles. The van der Waals surface area contributed by atoms with Crippen LogP contribution in [0, 0.1) is 0 Å². The molecule has 0 fully saturated rings. The highest BCUT2D eigenvalue weighted by atomic mass is 35.5. The third kappa shape index (κ3) is 3.30. The number of hydrogen-bond donors (Lipinski definition) is 2. The summed E-state index contributed by atoms with van der Waals surface area (Å²) in [6.07, 6.45) is 2.01. The first-order valence-electron chi connectivity index (χ1n) is 5.56. The van der Waals surface area contributed by atoms with Crippen molar-refractivity contribution in [1.29, 1.82) is 0 Å². The minimum Gasteiger partial charge on any atom is -0.347 e. The monoisotopic (exact) mass is 264 g/mol. The Kier molecular flexibility index (Phi) is 3.94. The number of amides is 1. The summed E-state index contributed by atoms with van der Waals surface area (Å²) in [7, 11) is 0. The van der Waals surface area contributed by atoms with Crippen LogP contribution in [0.25, 0.3) is 0 Å². The van der Waals surface area contributed by atoms with E-state index >= 15 is 0 Å². The van der Waals surface area contributed by atoms with Crippen LogP contribution in [0.2, 0.25) is 5.02 Å². The van der Waals surface area contributed by atoms with Gasteiger partial charge in [0.05, 0.1) is 0 Å². The summed E-state index contributed by atoms with van der Waals surface area (Å²) < 4.78 is 0. The quantitative estimate of drug-likeness (QED) is 0.885. The molecule has 0 radical (unpaired) electrons. The van der Waals surface area contributed by atoms with E-state index in [-0.39, 0.29) is 17.8 Å². The van der Waals surface area contributed by atoms with Gasteiger partial charge in [-0.25, -0.2) is 4.98 Å². The second-order valence-electron chi connectivity index (χ2n) is 4.04. The minimum absolute atomic E-state index is 0.0129. The van der Waals surface area contributed by atoms with E-state index in [0.717, 1.165) is 5.56 Å². The standard InChI is InChI=1S/C12H13ClN4O/c1-8(5-9-3-2-4-10(13)6-9)16-12(18)11-14-7-15-17-11/h2-4,6-8H,5H2,1H3,(H,16,18)(H,14,15,17). The maximum absolute atomic E-state index is 11.7. The van der Waals surface area contributed by atoms with Gasteiger partial charge in [0, 0.05) is 11.1 Å². The summed E-state index contributed by atoms with van der Waals surface area (Å²) in [5.41, 5.74) is 1.08. The second kappa shape index (κ2) is 5.64. The number of carbonyl (C=O) groups is 1. The zero-order valence-corrected chi connectivity index (χ0v) is 10.6. The van der Waals surface area contributed by atoms with Gasteiger partial charge in [-0.15, -0.1) is 0 Å². The van der Waals surface area contributed by atoms with E-state index in [4.69, 9.17) is 11.6 Å². The smallest absolute Gasteiger partial charge is 0.288 e. The number of benzene rings is 1. The van der Waals surface area contributed by atoms with Crippen LogP contribution in [0.1, 0.15) is 23.1 Å². The lowest BCUT2D eigenvalue weighted by atomic mass is 10.1.